The average Bonchev–Trinajstić information content (AvgIpc) is 2.85. The summed E-state index contributed by atoms with van der Waals surface area (Å²) in [6, 6.07) is 6.85. The predicted molar refractivity (Wildman–Crippen MR) is 140 cm³/mol. The molecule has 0 spiro atoms. The third kappa shape index (κ3) is 7.06. The molecule has 0 bridgehead atoms. The Hall–Kier alpha value is -3.48. The van der Waals surface area contributed by atoms with Crippen LogP contribution in [0.25, 0.3) is 0 Å². The Balaban J connectivity index is 1.71. The van der Waals surface area contributed by atoms with Crippen LogP contribution in [0.4, 0.5) is 4.79 Å². The van der Waals surface area contributed by atoms with Gasteiger partial charge in [0.25, 0.3) is 0 Å². The van der Waals surface area contributed by atoms with Gasteiger partial charge < -0.3 is 35.1 Å². The molecule has 5 N–H and O–H groups in total. The van der Waals surface area contributed by atoms with Crippen molar-refractivity contribution in [1.82, 2.24) is 16.1 Å². The number of aliphatic hydroxyl groups is 1. The second kappa shape index (κ2) is 12.7. The largest absolute Gasteiger partial charge is 0.505 e. The normalized spacial score (nSPS) is 16.2. The van der Waals surface area contributed by atoms with E-state index in [0.29, 0.717) is 39.4 Å². The summed E-state index contributed by atoms with van der Waals surface area (Å²) in [7, 11) is 1.26. The van der Waals surface area contributed by atoms with Gasteiger partial charge >= 0.3 is 12.0 Å². The number of methoxy groups -OCH3 is 1. The summed E-state index contributed by atoms with van der Waals surface area (Å²) in [5, 5.41) is 29.3. The molecule has 0 aromatic heterocycles. The van der Waals surface area contributed by atoms with E-state index >= 15 is 0 Å². The molecule has 1 aliphatic heterocycles. The third-order valence-corrected chi connectivity index (χ3v) is 6.04. The zero-order chi connectivity index (χ0) is 27.1. The number of hydrazone groups is 1. The van der Waals surface area contributed by atoms with E-state index in [1.165, 1.54) is 19.4 Å². The summed E-state index contributed by atoms with van der Waals surface area (Å²) in [5.41, 5.74) is 4.34. The van der Waals surface area contributed by atoms with E-state index in [9.17, 15) is 19.8 Å². The maximum absolute atomic E-state index is 12.4. The number of phenolic OH excluding ortho intramolecular Hbond substituents is 1. The van der Waals surface area contributed by atoms with Crippen LogP contribution in [0.3, 0.4) is 0 Å². The van der Waals surface area contributed by atoms with E-state index in [4.69, 9.17) is 25.8 Å². The van der Waals surface area contributed by atoms with E-state index in [1.807, 2.05) is 0 Å². The lowest BCUT2D eigenvalue weighted by Gasteiger charge is -2.28. The zero-order valence-corrected chi connectivity index (χ0v) is 22.5. The first-order valence-electron chi connectivity index (χ1n) is 11.0. The highest BCUT2D eigenvalue weighted by Crippen LogP contribution is 2.35. The fourth-order valence-electron chi connectivity index (χ4n) is 3.48. The van der Waals surface area contributed by atoms with Crippen LogP contribution in [0, 0.1) is 0 Å². The number of esters is 1. The first-order valence-corrected chi connectivity index (χ1v) is 12.2. The number of ether oxygens (including phenoxy) is 3. The minimum atomic E-state index is -1.17. The number of aromatic hydroxyl groups is 1. The number of nitrogens with one attached hydrogen (secondary N) is 3. The molecular formula is C24H26BrClN4O7. The Kier molecular flexibility index (Phi) is 9.61. The van der Waals surface area contributed by atoms with Crippen molar-refractivity contribution in [2.24, 2.45) is 5.10 Å². The molecule has 0 aliphatic carbocycles. The van der Waals surface area contributed by atoms with Gasteiger partial charge in [0.15, 0.2) is 17.7 Å². The Morgan fingerprint density at radius 1 is 1.30 bits per heavy atom. The molecule has 0 saturated heterocycles. The van der Waals surface area contributed by atoms with Crippen molar-refractivity contribution in [2.45, 2.75) is 26.1 Å². The topological polar surface area (TPSA) is 151 Å². The van der Waals surface area contributed by atoms with E-state index in [0.717, 1.165) is 0 Å². The van der Waals surface area contributed by atoms with Crippen molar-refractivity contribution in [3.63, 3.8) is 0 Å². The highest BCUT2D eigenvalue weighted by atomic mass is 79.9. The molecule has 0 radical (unpaired) electrons. The lowest BCUT2D eigenvalue weighted by atomic mass is 9.95. The molecule has 2 aromatic carbocycles. The van der Waals surface area contributed by atoms with Gasteiger partial charge in [0.2, 0.25) is 0 Å². The zero-order valence-electron chi connectivity index (χ0n) is 20.2. The summed E-state index contributed by atoms with van der Waals surface area (Å²) in [4.78, 5) is 24.4. The summed E-state index contributed by atoms with van der Waals surface area (Å²) in [6.45, 7) is 3.57. The smallest absolute Gasteiger partial charge is 0.337 e. The Bertz CT molecular complexity index is 1210. The molecule has 0 fully saturated rings. The number of allylic oxidation sites excluding steroid dienone is 1. The number of aliphatic hydroxyl groups excluding tert-OH is 1. The van der Waals surface area contributed by atoms with Crippen LogP contribution < -0.4 is 25.5 Å². The molecule has 0 unspecified atom stereocenters. The molecule has 198 valence electrons. The van der Waals surface area contributed by atoms with Gasteiger partial charge in [0, 0.05) is 5.70 Å². The van der Waals surface area contributed by atoms with E-state index in [2.05, 4.69) is 37.1 Å². The summed E-state index contributed by atoms with van der Waals surface area (Å²) >= 11 is 9.12. The number of carbonyl (C=O) groups is 2. The Labute approximate surface area is 226 Å². The van der Waals surface area contributed by atoms with Crippen LogP contribution in [-0.4, -0.2) is 55.0 Å². The minimum absolute atomic E-state index is 0.0773. The Morgan fingerprint density at radius 2 is 2.05 bits per heavy atom. The van der Waals surface area contributed by atoms with E-state index < -0.39 is 24.3 Å². The molecule has 37 heavy (non-hydrogen) atoms. The van der Waals surface area contributed by atoms with Crippen LogP contribution in [0.5, 0.6) is 17.2 Å². The van der Waals surface area contributed by atoms with Crippen molar-refractivity contribution in [3.05, 3.63) is 62.2 Å². The molecule has 13 heteroatoms. The fourth-order valence-corrected chi connectivity index (χ4v) is 4.30. The van der Waals surface area contributed by atoms with Gasteiger partial charge in [-0.15, -0.1) is 0 Å². The molecule has 2 amide bonds. The first-order chi connectivity index (χ1) is 17.6. The molecular weight excluding hydrogens is 572 g/mol. The van der Waals surface area contributed by atoms with Crippen molar-refractivity contribution in [2.75, 3.05) is 20.3 Å². The number of hydrogen-bond acceptors (Lipinski definition) is 9. The molecule has 2 atom stereocenters. The van der Waals surface area contributed by atoms with Crippen molar-refractivity contribution >= 4 is 45.7 Å². The van der Waals surface area contributed by atoms with Gasteiger partial charge in [-0.3, -0.25) is 5.43 Å². The minimum Gasteiger partial charge on any atom is -0.505 e. The lowest BCUT2D eigenvalue weighted by molar-refractivity contribution is -0.136. The quantitative estimate of drug-likeness (QED) is 0.121. The second-order valence-corrected chi connectivity index (χ2v) is 9.01. The number of rotatable bonds is 10. The molecule has 3 rings (SSSR count). The summed E-state index contributed by atoms with van der Waals surface area (Å²) in [5.74, 6) is 0.0377. The van der Waals surface area contributed by atoms with E-state index in [1.54, 1.807) is 38.1 Å². The molecule has 1 heterocycles. The van der Waals surface area contributed by atoms with Crippen molar-refractivity contribution < 1.29 is 34.0 Å². The third-order valence-electron chi connectivity index (χ3n) is 5.15. The standard InChI is InChI=1S/C24H26BrClN4O7/c1-4-36-18-9-14(21-20(23(33)35-3)12(2)28-24(34)29-21)5-6-17(18)37-11-19(31)30-27-10-13-7-15(25)22(32)16(26)8-13/h5-10,19,21,30-32H,4,11H2,1-3H3,(H2,28,29,34)/b27-10-/t19-,21-/m0/s1. The van der Waals surface area contributed by atoms with Crippen molar-refractivity contribution in [1.29, 1.82) is 0 Å². The number of nitrogens with zero attached hydrogens (tertiary/aromatic N) is 1. The maximum Gasteiger partial charge on any atom is 0.337 e. The van der Waals surface area contributed by atoms with Gasteiger partial charge in [0.05, 0.1) is 41.0 Å². The van der Waals surface area contributed by atoms with Crippen LogP contribution >= 0.6 is 27.5 Å². The van der Waals surface area contributed by atoms with Gasteiger partial charge in [-0.2, -0.15) is 5.10 Å². The number of amides is 2. The Morgan fingerprint density at radius 3 is 2.73 bits per heavy atom. The van der Waals surface area contributed by atoms with Crippen LogP contribution in [0.15, 0.2) is 51.2 Å². The number of hydrogen-bond donors (Lipinski definition) is 5. The van der Waals surface area contributed by atoms with Gasteiger partial charge in [-0.05, 0) is 65.2 Å². The van der Waals surface area contributed by atoms with Crippen LogP contribution in [0.2, 0.25) is 5.02 Å². The number of carbonyl (C=O) groups excluding carboxylic acids is 2. The molecule has 0 saturated carbocycles. The van der Waals surface area contributed by atoms with Gasteiger partial charge in [-0.25, -0.2) is 9.59 Å². The summed E-state index contributed by atoms with van der Waals surface area (Å²) < 4.78 is 16.7. The number of benzene rings is 2. The number of halogens is 2. The first kappa shape index (κ1) is 28.1. The molecule has 2 aromatic rings. The van der Waals surface area contributed by atoms with E-state index in [-0.39, 0.29) is 23.0 Å². The number of phenols is 1. The molecule has 11 nitrogen and oxygen atoms in total. The number of urea groups is 1. The fraction of sp³-hybridized carbons (Fsp3) is 0.292. The van der Waals surface area contributed by atoms with Gasteiger partial charge in [-0.1, -0.05) is 17.7 Å². The highest BCUT2D eigenvalue weighted by Gasteiger charge is 2.32. The average molecular weight is 598 g/mol. The second-order valence-electron chi connectivity index (χ2n) is 7.75. The van der Waals surface area contributed by atoms with Crippen LogP contribution in [0.1, 0.15) is 31.0 Å². The van der Waals surface area contributed by atoms with Crippen molar-refractivity contribution in [3.8, 4) is 17.2 Å². The SMILES string of the molecule is CCOc1cc([C@@H]2NC(=O)NC(C)=C2C(=O)OC)ccc1OC[C@H](O)N/N=C\c1cc(Cl)c(O)c(Br)c1. The monoisotopic (exact) mass is 596 g/mol. The predicted octanol–water partition coefficient (Wildman–Crippen LogP) is 3.33. The molecule has 1 aliphatic rings. The lowest BCUT2D eigenvalue weighted by Crippen LogP contribution is -2.45. The van der Waals surface area contributed by atoms with Crippen LogP contribution in [-0.2, 0) is 9.53 Å². The summed E-state index contributed by atoms with van der Waals surface area (Å²) in [6.07, 6.45) is 0.253. The van der Waals surface area contributed by atoms with Gasteiger partial charge in [0.1, 0.15) is 12.4 Å². The maximum atomic E-state index is 12.4. The highest BCUT2D eigenvalue weighted by molar-refractivity contribution is 9.10.